The summed E-state index contributed by atoms with van der Waals surface area (Å²) >= 11 is 0. The molecule has 0 unspecified atom stereocenters. The first-order valence-corrected chi connectivity index (χ1v) is 3.92. The highest BCUT2D eigenvalue weighted by Gasteiger charge is 2.06. The fourth-order valence-corrected chi connectivity index (χ4v) is 1.13. The second kappa shape index (κ2) is 4.21. The van der Waals surface area contributed by atoms with E-state index in [0.29, 0.717) is 0 Å². The van der Waals surface area contributed by atoms with Crippen molar-refractivity contribution in [1.82, 2.24) is 0 Å². The Morgan fingerprint density at radius 2 is 1.50 bits per heavy atom. The largest absolute Gasteiger partial charge is 0.327 e. The van der Waals surface area contributed by atoms with Gasteiger partial charge in [-0.25, -0.2) is 0 Å². The molecule has 68 valence electrons. The molecule has 0 N–H and O–H groups in total. The normalized spacial score (nSPS) is 10.6. The molecule has 0 radical (unpaired) electrons. The SMILES string of the molecule is C[N+](C)(C)Cc1ccccc1.F. The third-order valence-corrected chi connectivity index (χ3v) is 1.50. The lowest BCUT2D eigenvalue weighted by atomic mass is 10.2. The zero-order chi connectivity index (χ0) is 8.32. The maximum atomic E-state index is 2.20. The van der Waals surface area contributed by atoms with Gasteiger partial charge in [0.15, 0.2) is 0 Å². The standard InChI is InChI=1S/C10H16N.FH/c1-11(2,3)9-10-7-5-4-6-8-10;/h4-8H,9H2,1-3H3;1H/q+1;. The van der Waals surface area contributed by atoms with Gasteiger partial charge in [0.05, 0.1) is 21.1 Å². The van der Waals surface area contributed by atoms with Crippen molar-refractivity contribution in [3.8, 4) is 0 Å². The van der Waals surface area contributed by atoms with Crippen LogP contribution in [-0.4, -0.2) is 25.6 Å². The fourth-order valence-electron chi connectivity index (χ4n) is 1.13. The predicted octanol–water partition coefficient (Wildman–Crippen LogP) is 2.05. The molecule has 0 amide bonds. The Bertz CT molecular complexity index is 213. The summed E-state index contributed by atoms with van der Waals surface area (Å²) in [6.07, 6.45) is 0. The van der Waals surface area contributed by atoms with Gasteiger partial charge in [-0.1, -0.05) is 30.3 Å². The second-order valence-corrected chi connectivity index (χ2v) is 3.93. The molecule has 1 aromatic rings. The Morgan fingerprint density at radius 3 is 1.92 bits per heavy atom. The van der Waals surface area contributed by atoms with Crippen LogP contribution in [0.5, 0.6) is 0 Å². The zero-order valence-corrected chi connectivity index (χ0v) is 7.95. The minimum absolute atomic E-state index is 0. The summed E-state index contributed by atoms with van der Waals surface area (Å²) in [6, 6.07) is 10.6. The van der Waals surface area contributed by atoms with E-state index in [0.717, 1.165) is 11.0 Å². The van der Waals surface area contributed by atoms with Crippen LogP contribution in [0.3, 0.4) is 0 Å². The quantitative estimate of drug-likeness (QED) is 0.596. The molecule has 0 aliphatic carbocycles. The second-order valence-electron chi connectivity index (χ2n) is 3.93. The molecule has 0 aliphatic rings. The van der Waals surface area contributed by atoms with Gasteiger partial charge in [0.25, 0.3) is 0 Å². The van der Waals surface area contributed by atoms with Gasteiger partial charge in [0.1, 0.15) is 6.54 Å². The molecule has 1 nitrogen and oxygen atoms in total. The summed E-state index contributed by atoms with van der Waals surface area (Å²) in [4.78, 5) is 0. The maximum absolute atomic E-state index is 2.20. The Balaban J connectivity index is 0.00000121. The topological polar surface area (TPSA) is 0 Å². The van der Waals surface area contributed by atoms with Crippen LogP contribution in [0.4, 0.5) is 4.70 Å². The smallest absolute Gasteiger partial charge is 0.104 e. The Hall–Kier alpha value is -0.890. The molecule has 0 aromatic heterocycles. The molecule has 1 aromatic carbocycles. The molecule has 0 bridgehead atoms. The number of halogens is 1. The van der Waals surface area contributed by atoms with Gasteiger partial charge >= 0.3 is 0 Å². The van der Waals surface area contributed by atoms with Crippen LogP contribution in [0, 0.1) is 0 Å². The molecule has 1 rings (SSSR count). The third kappa shape index (κ3) is 4.09. The molecule has 0 aliphatic heterocycles. The van der Waals surface area contributed by atoms with Crippen LogP contribution in [0.15, 0.2) is 30.3 Å². The molecule has 0 heterocycles. The van der Waals surface area contributed by atoms with Gasteiger partial charge in [0, 0.05) is 5.56 Å². The van der Waals surface area contributed by atoms with Gasteiger partial charge in [-0.15, -0.1) is 0 Å². The number of benzene rings is 1. The maximum Gasteiger partial charge on any atom is 0.104 e. The van der Waals surface area contributed by atoms with E-state index < -0.39 is 0 Å². The van der Waals surface area contributed by atoms with Crippen molar-refractivity contribution in [3.63, 3.8) is 0 Å². The summed E-state index contributed by atoms with van der Waals surface area (Å²) in [5.74, 6) is 0. The number of quaternary nitrogens is 1. The molecule has 2 heteroatoms. The average Bonchev–Trinajstić information content (AvgIpc) is 1.85. The molecule has 0 atom stereocenters. The summed E-state index contributed by atoms with van der Waals surface area (Å²) in [6.45, 7) is 1.10. The van der Waals surface area contributed by atoms with E-state index in [1.807, 2.05) is 0 Å². The number of rotatable bonds is 2. The fraction of sp³-hybridized carbons (Fsp3) is 0.400. The number of hydrogen-bond acceptors (Lipinski definition) is 0. The number of hydrogen-bond donors (Lipinski definition) is 0. The minimum Gasteiger partial charge on any atom is -0.327 e. The molecule has 0 saturated carbocycles. The summed E-state index contributed by atoms with van der Waals surface area (Å²) < 4.78 is 0.990. The molecule has 0 spiro atoms. The van der Waals surface area contributed by atoms with Crippen molar-refractivity contribution < 1.29 is 9.19 Å². The van der Waals surface area contributed by atoms with Gasteiger partial charge in [0.2, 0.25) is 0 Å². The van der Waals surface area contributed by atoms with Crippen LogP contribution >= 0.6 is 0 Å². The first-order chi connectivity index (χ1) is 5.08. The lowest BCUT2D eigenvalue weighted by Gasteiger charge is -2.23. The third-order valence-electron chi connectivity index (χ3n) is 1.50. The molecule has 0 fully saturated rings. The van der Waals surface area contributed by atoms with E-state index >= 15 is 0 Å². The van der Waals surface area contributed by atoms with E-state index in [9.17, 15) is 0 Å². The van der Waals surface area contributed by atoms with Gasteiger partial charge in [-0.2, -0.15) is 0 Å². The summed E-state index contributed by atoms with van der Waals surface area (Å²) in [5, 5.41) is 0. The van der Waals surface area contributed by atoms with Crippen molar-refractivity contribution in [2.75, 3.05) is 21.1 Å². The monoisotopic (exact) mass is 170 g/mol. The van der Waals surface area contributed by atoms with E-state index in [-0.39, 0.29) is 4.70 Å². The van der Waals surface area contributed by atoms with E-state index in [1.165, 1.54) is 5.56 Å². The van der Waals surface area contributed by atoms with Gasteiger partial charge < -0.3 is 4.48 Å². The van der Waals surface area contributed by atoms with Crippen LogP contribution in [0.1, 0.15) is 5.56 Å². The highest BCUT2D eigenvalue weighted by atomic mass is 19.0. The van der Waals surface area contributed by atoms with Crippen molar-refractivity contribution in [1.29, 1.82) is 0 Å². The molecule has 12 heavy (non-hydrogen) atoms. The molecular weight excluding hydrogens is 153 g/mol. The Morgan fingerprint density at radius 1 is 1.00 bits per heavy atom. The van der Waals surface area contributed by atoms with Crippen LogP contribution < -0.4 is 0 Å². The lowest BCUT2D eigenvalue weighted by Crippen LogP contribution is -2.33. The molecule has 0 saturated heterocycles. The Kier molecular flexibility index (Phi) is 3.90. The van der Waals surface area contributed by atoms with Crippen molar-refractivity contribution >= 4 is 0 Å². The van der Waals surface area contributed by atoms with Crippen LogP contribution in [0.25, 0.3) is 0 Å². The zero-order valence-electron chi connectivity index (χ0n) is 7.95. The lowest BCUT2D eigenvalue weighted by molar-refractivity contribution is -0.884. The summed E-state index contributed by atoms with van der Waals surface area (Å²) in [5.41, 5.74) is 1.40. The van der Waals surface area contributed by atoms with E-state index in [4.69, 9.17) is 0 Å². The Labute approximate surface area is 73.6 Å². The highest BCUT2D eigenvalue weighted by molar-refractivity contribution is 5.13. The highest BCUT2D eigenvalue weighted by Crippen LogP contribution is 2.04. The minimum atomic E-state index is 0. The first-order valence-electron chi connectivity index (χ1n) is 3.92. The van der Waals surface area contributed by atoms with Crippen molar-refractivity contribution in [2.24, 2.45) is 0 Å². The average molecular weight is 170 g/mol. The predicted molar refractivity (Wildman–Crippen MR) is 50.7 cm³/mol. The molecular formula is C10H17FN+. The van der Waals surface area contributed by atoms with Crippen molar-refractivity contribution in [3.05, 3.63) is 35.9 Å². The summed E-state index contributed by atoms with van der Waals surface area (Å²) in [7, 11) is 6.60. The van der Waals surface area contributed by atoms with E-state index in [2.05, 4.69) is 51.5 Å². The first kappa shape index (κ1) is 11.1. The van der Waals surface area contributed by atoms with Gasteiger partial charge in [-0.05, 0) is 0 Å². The van der Waals surface area contributed by atoms with Crippen molar-refractivity contribution in [2.45, 2.75) is 6.54 Å². The van der Waals surface area contributed by atoms with Crippen LogP contribution in [0.2, 0.25) is 0 Å². The number of nitrogens with zero attached hydrogens (tertiary/aromatic N) is 1. The van der Waals surface area contributed by atoms with E-state index in [1.54, 1.807) is 0 Å². The van der Waals surface area contributed by atoms with Gasteiger partial charge in [-0.3, -0.25) is 4.70 Å². The van der Waals surface area contributed by atoms with Crippen LogP contribution in [-0.2, 0) is 6.54 Å².